The normalized spacial score (nSPS) is 18.2. The Morgan fingerprint density at radius 2 is 2.00 bits per heavy atom. The molecule has 0 radical (unpaired) electrons. The van der Waals surface area contributed by atoms with E-state index < -0.39 is 0 Å². The minimum atomic E-state index is -0.281. The van der Waals surface area contributed by atoms with E-state index in [0.717, 1.165) is 41.4 Å². The fourth-order valence-corrected chi connectivity index (χ4v) is 5.88. The Morgan fingerprint density at radius 1 is 1.20 bits per heavy atom. The van der Waals surface area contributed by atoms with Crippen molar-refractivity contribution in [3.63, 3.8) is 0 Å². The van der Waals surface area contributed by atoms with Crippen LogP contribution in [0.2, 0.25) is 0 Å². The molecule has 1 aliphatic carbocycles. The van der Waals surface area contributed by atoms with Gasteiger partial charge in [0.2, 0.25) is 0 Å². The lowest BCUT2D eigenvalue weighted by molar-refractivity contribution is 0.348. The minimum absolute atomic E-state index is 0.0195. The van der Waals surface area contributed by atoms with Crippen molar-refractivity contribution in [2.24, 2.45) is 13.0 Å². The number of aromatic amines is 1. The number of benzene rings is 1. The maximum absolute atomic E-state index is 13.6. The molecule has 0 spiro atoms. The van der Waals surface area contributed by atoms with Crippen LogP contribution in [0.25, 0.3) is 21.9 Å². The molecule has 2 aliphatic rings. The summed E-state index contributed by atoms with van der Waals surface area (Å²) in [6, 6.07) is 6.35. The Kier molecular flexibility index (Phi) is 5.21. The summed E-state index contributed by atoms with van der Waals surface area (Å²) in [7, 11) is 3.64. The van der Waals surface area contributed by atoms with Crippen molar-refractivity contribution in [1.29, 1.82) is 0 Å². The molecule has 1 fully saturated rings. The quantitative estimate of drug-likeness (QED) is 0.446. The smallest absolute Gasteiger partial charge is 0.332 e. The Bertz CT molecular complexity index is 1620. The van der Waals surface area contributed by atoms with E-state index in [0.29, 0.717) is 30.0 Å². The number of fused-ring (bicyclic) bond motifs is 2. The highest BCUT2D eigenvalue weighted by Crippen LogP contribution is 2.40. The molecule has 4 heterocycles. The average molecular weight is 491 g/mol. The largest absolute Gasteiger partial charge is 0.371 e. The minimum Gasteiger partial charge on any atom is -0.371 e. The lowest BCUT2D eigenvalue weighted by atomic mass is 10.1. The molecular formula is C26H30N6O2S. The van der Waals surface area contributed by atoms with Crippen LogP contribution in [0.15, 0.2) is 45.1 Å². The molecule has 0 saturated heterocycles. The third kappa shape index (κ3) is 3.64. The van der Waals surface area contributed by atoms with Gasteiger partial charge >= 0.3 is 5.69 Å². The first kappa shape index (κ1) is 22.3. The van der Waals surface area contributed by atoms with Gasteiger partial charge in [0, 0.05) is 55.3 Å². The van der Waals surface area contributed by atoms with Gasteiger partial charge in [-0.3, -0.25) is 18.6 Å². The number of hydrogen-bond acceptors (Lipinski definition) is 5. The Morgan fingerprint density at radius 3 is 2.71 bits per heavy atom. The van der Waals surface area contributed by atoms with Gasteiger partial charge in [-0.25, -0.2) is 4.79 Å². The maximum Gasteiger partial charge on any atom is 0.332 e. The van der Waals surface area contributed by atoms with Crippen molar-refractivity contribution < 1.29 is 0 Å². The van der Waals surface area contributed by atoms with E-state index in [9.17, 15) is 9.59 Å². The zero-order valence-corrected chi connectivity index (χ0v) is 21.4. The van der Waals surface area contributed by atoms with Crippen LogP contribution in [0, 0.1) is 12.8 Å². The summed E-state index contributed by atoms with van der Waals surface area (Å²) in [6.07, 6.45) is 9.31. The van der Waals surface area contributed by atoms with E-state index in [-0.39, 0.29) is 17.3 Å². The van der Waals surface area contributed by atoms with Crippen LogP contribution in [-0.4, -0.2) is 42.1 Å². The van der Waals surface area contributed by atoms with Crippen molar-refractivity contribution in [1.82, 2.24) is 28.8 Å². The van der Waals surface area contributed by atoms with Gasteiger partial charge in [0.1, 0.15) is 5.39 Å². The summed E-state index contributed by atoms with van der Waals surface area (Å²) in [4.78, 5) is 33.5. The lowest BCUT2D eigenvalue weighted by Gasteiger charge is -2.22. The number of H-pyrrole nitrogens is 1. The van der Waals surface area contributed by atoms with Crippen LogP contribution >= 0.6 is 11.8 Å². The third-order valence-corrected chi connectivity index (χ3v) is 8.25. The number of nitrogens with zero attached hydrogens (tertiary/aromatic N) is 5. The van der Waals surface area contributed by atoms with Gasteiger partial charge in [0.15, 0.2) is 5.65 Å². The Hall–Kier alpha value is -3.20. The zero-order chi connectivity index (χ0) is 24.4. The summed E-state index contributed by atoms with van der Waals surface area (Å²) in [5.74, 6) is 0.484. The van der Waals surface area contributed by atoms with Crippen LogP contribution in [0.5, 0.6) is 0 Å². The van der Waals surface area contributed by atoms with Gasteiger partial charge < -0.3 is 9.88 Å². The van der Waals surface area contributed by atoms with Crippen molar-refractivity contribution in [3.8, 4) is 0 Å². The molecule has 1 unspecified atom stereocenters. The number of aryl methyl sites for hydroxylation is 1. The van der Waals surface area contributed by atoms with Crippen LogP contribution in [0.3, 0.4) is 0 Å². The van der Waals surface area contributed by atoms with Crippen LogP contribution in [-0.2, 0) is 20.1 Å². The van der Waals surface area contributed by atoms with Crippen LogP contribution in [0.4, 0.5) is 0 Å². The van der Waals surface area contributed by atoms with Gasteiger partial charge in [-0.1, -0.05) is 11.6 Å². The predicted molar refractivity (Wildman–Crippen MR) is 141 cm³/mol. The summed E-state index contributed by atoms with van der Waals surface area (Å²) >= 11 is 1.73. The van der Waals surface area contributed by atoms with Crippen LogP contribution in [0.1, 0.15) is 42.1 Å². The first-order valence-corrected chi connectivity index (χ1v) is 13.3. The highest BCUT2D eigenvalue weighted by Gasteiger charge is 2.33. The first-order valence-electron chi connectivity index (χ1n) is 12.1. The van der Waals surface area contributed by atoms with Crippen molar-refractivity contribution in [2.75, 3.05) is 13.3 Å². The number of hydrogen-bond donors (Lipinski definition) is 1. The molecule has 1 aromatic carbocycles. The van der Waals surface area contributed by atoms with Crippen molar-refractivity contribution >= 4 is 33.7 Å². The fraction of sp³-hybridized carbons (Fsp3) is 0.423. The summed E-state index contributed by atoms with van der Waals surface area (Å²) in [5.41, 5.74) is 4.24. The second-order valence-electron chi connectivity index (χ2n) is 9.99. The molecule has 0 amide bonds. The molecule has 1 atom stereocenters. The average Bonchev–Trinajstić information content (AvgIpc) is 3.30. The molecule has 3 aromatic heterocycles. The molecule has 4 aromatic rings. The second-order valence-corrected chi connectivity index (χ2v) is 10.9. The fourth-order valence-electron chi connectivity index (χ4n) is 5.28. The number of nitrogens with one attached hydrogen (secondary N) is 1. The number of rotatable bonds is 6. The predicted octanol–water partition coefficient (Wildman–Crippen LogP) is 3.73. The lowest BCUT2D eigenvalue weighted by Crippen LogP contribution is -2.38. The first-order chi connectivity index (χ1) is 16.9. The van der Waals surface area contributed by atoms with Crippen LogP contribution < -0.4 is 11.2 Å². The molecule has 182 valence electrons. The molecule has 8 nitrogen and oxygen atoms in total. The summed E-state index contributed by atoms with van der Waals surface area (Å²) in [6.45, 7) is 3.22. The summed E-state index contributed by atoms with van der Waals surface area (Å²) in [5, 5.41) is 6.71. The topological polar surface area (TPSA) is 80.8 Å². The highest BCUT2D eigenvalue weighted by atomic mass is 32.2. The third-order valence-electron chi connectivity index (χ3n) is 7.46. The second kappa shape index (κ2) is 8.19. The number of aromatic nitrogens is 5. The molecular weight excluding hydrogens is 460 g/mol. The van der Waals surface area contributed by atoms with Gasteiger partial charge in [-0.2, -0.15) is 5.10 Å². The van der Waals surface area contributed by atoms with E-state index in [1.54, 1.807) is 23.4 Å². The van der Waals surface area contributed by atoms with Gasteiger partial charge in [0.05, 0.1) is 18.3 Å². The molecule has 1 saturated carbocycles. The van der Waals surface area contributed by atoms with E-state index in [2.05, 4.69) is 54.5 Å². The zero-order valence-electron chi connectivity index (χ0n) is 20.5. The van der Waals surface area contributed by atoms with Crippen molar-refractivity contribution in [2.45, 2.75) is 45.3 Å². The Balaban J connectivity index is 1.59. The maximum atomic E-state index is 13.6. The van der Waals surface area contributed by atoms with E-state index in [4.69, 9.17) is 5.10 Å². The van der Waals surface area contributed by atoms with Gasteiger partial charge in [-0.05, 0) is 49.6 Å². The van der Waals surface area contributed by atoms with Gasteiger partial charge in [-0.15, -0.1) is 11.8 Å². The van der Waals surface area contributed by atoms with E-state index >= 15 is 0 Å². The SMILES string of the molecule is CSC1=CN(C)C(c2c3c(=O)n(C)c(=O)n(CC4CC4)c3nn2Cc2c[nH]c3ccc(C)cc23)C1. The molecule has 35 heavy (non-hydrogen) atoms. The monoisotopic (exact) mass is 490 g/mol. The standard InChI is InChI=1S/C26H30N6O2S/c1-15-5-8-20-19(9-15)17(11-27-20)13-32-23(21-10-18(35-4)14-29(21)2)22-24(28-32)31(12-16-6-7-16)26(34)30(3)25(22)33/h5,8-9,11,14,16,21,27H,6-7,10,12-13H2,1-4H3. The van der Waals surface area contributed by atoms with Crippen molar-refractivity contribution in [3.05, 3.63) is 73.2 Å². The van der Waals surface area contributed by atoms with Gasteiger partial charge in [0.25, 0.3) is 5.56 Å². The molecule has 9 heteroatoms. The number of thioether (sulfide) groups is 1. The molecule has 0 bridgehead atoms. The summed E-state index contributed by atoms with van der Waals surface area (Å²) < 4.78 is 4.96. The molecule has 6 rings (SSSR count). The molecule has 1 aliphatic heterocycles. The Labute approximate surface area is 207 Å². The van der Waals surface area contributed by atoms with E-state index in [1.807, 2.05) is 10.9 Å². The highest BCUT2D eigenvalue weighted by molar-refractivity contribution is 8.02. The van der Waals surface area contributed by atoms with E-state index in [1.165, 1.54) is 15.0 Å². The molecule has 1 N–H and O–H groups in total.